The SMILES string of the molecule is O=C=C1NC=CN1CCNc1nonc1-c1noc(=O)n1-c1ccc(F)c(Br)c1. The summed E-state index contributed by atoms with van der Waals surface area (Å²) in [5.41, 5.74) is 0.431. The third kappa shape index (κ3) is 3.56. The zero-order chi connectivity index (χ0) is 20.4. The van der Waals surface area contributed by atoms with Gasteiger partial charge in [0.25, 0.3) is 0 Å². The van der Waals surface area contributed by atoms with E-state index in [-0.39, 0.29) is 27.6 Å². The van der Waals surface area contributed by atoms with Gasteiger partial charge < -0.3 is 15.5 Å². The molecule has 0 fully saturated rings. The molecular weight excluding hydrogens is 453 g/mol. The predicted octanol–water partition coefficient (Wildman–Crippen LogP) is 1.24. The van der Waals surface area contributed by atoms with Gasteiger partial charge in [-0.25, -0.2) is 23.2 Å². The lowest BCUT2D eigenvalue weighted by Gasteiger charge is -2.14. The largest absolute Gasteiger partial charge is 0.446 e. The fourth-order valence-corrected chi connectivity index (χ4v) is 3.00. The van der Waals surface area contributed by atoms with Crippen molar-refractivity contribution in [1.29, 1.82) is 0 Å². The Morgan fingerprint density at radius 3 is 2.97 bits per heavy atom. The van der Waals surface area contributed by atoms with Gasteiger partial charge in [0.1, 0.15) is 5.82 Å². The average molecular weight is 464 g/mol. The summed E-state index contributed by atoms with van der Waals surface area (Å²) in [5, 5.41) is 17.0. The van der Waals surface area contributed by atoms with Crippen LogP contribution in [0, 0.1) is 5.82 Å². The Balaban J connectivity index is 1.59. The molecule has 0 bridgehead atoms. The number of hydrogen-bond donors (Lipinski definition) is 2. The molecule has 3 aromatic rings. The van der Waals surface area contributed by atoms with Crippen LogP contribution in [-0.2, 0) is 4.79 Å². The minimum absolute atomic E-state index is 0.0217. The Morgan fingerprint density at radius 2 is 2.17 bits per heavy atom. The van der Waals surface area contributed by atoms with Crippen molar-refractivity contribution in [3.63, 3.8) is 0 Å². The number of hydrogen-bond acceptors (Lipinski definition) is 10. The maximum Gasteiger partial charge on any atom is 0.446 e. The quantitative estimate of drug-likeness (QED) is 0.514. The van der Waals surface area contributed by atoms with E-state index in [9.17, 15) is 14.0 Å². The highest BCUT2D eigenvalue weighted by atomic mass is 79.9. The highest BCUT2D eigenvalue weighted by molar-refractivity contribution is 9.10. The molecule has 29 heavy (non-hydrogen) atoms. The fourth-order valence-electron chi connectivity index (χ4n) is 2.64. The van der Waals surface area contributed by atoms with Gasteiger partial charge in [0, 0.05) is 25.5 Å². The first kappa shape index (κ1) is 18.7. The second-order valence-electron chi connectivity index (χ2n) is 5.70. The van der Waals surface area contributed by atoms with Crippen molar-refractivity contribution in [2.24, 2.45) is 0 Å². The fraction of sp³-hybridized carbons (Fsp3) is 0.125. The number of nitrogens with zero attached hydrogens (tertiary/aromatic N) is 5. The van der Waals surface area contributed by atoms with Crippen molar-refractivity contribution in [2.75, 3.05) is 18.4 Å². The summed E-state index contributed by atoms with van der Waals surface area (Å²) in [5.74, 6) is 1.03. The molecule has 3 heterocycles. The van der Waals surface area contributed by atoms with E-state index < -0.39 is 11.6 Å². The predicted molar refractivity (Wildman–Crippen MR) is 99.7 cm³/mol. The summed E-state index contributed by atoms with van der Waals surface area (Å²) in [4.78, 5) is 24.6. The minimum Gasteiger partial charge on any atom is -0.363 e. The summed E-state index contributed by atoms with van der Waals surface area (Å²) in [7, 11) is 0. The van der Waals surface area contributed by atoms with Crippen molar-refractivity contribution >= 4 is 27.7 Å². The average Bonchev–Trinajstić information content (AvgIpc) is 3.44. The molecule has 2 aromatic heterocycles. The van der Waals surface area contributed by atoms with Crippen molar-refractivity contribution in [2.45, 2.75) is 0 Å². The van der Waals surface area contributed by atoms with Crippen LogP contribution in [0.25, 0.3) is 17.2 Å². The van der Waals surface area contributed by atoms with Gasteiger partial charge in [0.2, 0.25) is 11.6 Å². The number of anilines is 1. The zero-order valence-electron chi connectivity index (χ0n) is 14.4. The van der Waals surface area contributed by atoms with Crippen LogP contribution in [0.5, 0.6) is 0 Å². The van der Waals surface area contributed by atoms with Gasteiger partial charge in [-0.05, 0) is 44.4 Å². The van der Waals surface area contributed by atoms with Crippen molar-refractivity contribution < 1.29 is 18.3 Å². The lowest BCUT2D eigenvalue weighted by molar-refractivity contribution is 0.309. The molecule has 0 atom stereocenters. The Morgan fingerprint density at radius 1 is 1.31 bits per heavy atom. The molecule has 4 rings (SSSR count). The van der Waals surface area contributed by atoms with E-state index in [0.29, 0.717) is 18.8 Å². The number of halogens is 2. The van der Waals surface area contributed by atoms with E-state index in [2.05, 4.69) is 42.0 Å². The van der Waals surface area contributed by atoms with Crippen LogP contribution in [0.15, 0.2) is 54.8 Å². The lowest BCUT2D eigenvalue weighted by atomic mass is 10.3. The molecule has 0 unspecified atom stereocenters. The third-order valence-electron chi connectivity index (χ3n) is 3.97. The van der Waals surface area contributed by atoms with E-state index in [4.69, 9.17) is 9.15 Å². The molecule has 13 heteroatoms. The van der Waals surface area contributed by atoms with Crippen molar-refractivity contribution in [3.8, 4) is 17.2 Å². The molecule has 0 spiro atoms. The van der Waals surface area contributed by atoms with E-state index in [1.807, 2.05) is 0 Å². The van der Waals surface area contributed by atoms with Crippen molar-refractivity contribution in [1.82, 2.24) is 30.3 Å². The molecule has 0 aliphatic carbocycles. The van der Waals surface area contributed by atoms with Crippen LogP contribution in [0.1, 0.15) is 0 Å². The van der Waals surface area contributed by atoms with Crippen LogP contribution in [0.3, 0.4) is 0 Å². The Labute approximate surface area is 169 Å². The van der Waals surface area contributed by atoms with Gasteiger partial charge in [0.05, 0.1) is 10.2 Å². The molecule has 0 radical (unpaired) electrons. The molecule has 0 saturated carbocycles. The maximum absolute atomic E-state index is 13.5. The van der Waals surface area contributed by atoms with E-state index in [1.165, 1.54) is 18.2 Å². The number of benzene rings is 1. The minimum atomic E-state index is -0.790. The van der Waals surface area contributed by atoms with Crippen LogP contribution in [0.2, 0.25) is 0 Å². The van der Waals surface area contributed by atoms with E-state index in [1.54, 1.807) is 23.2 Å². The monoisotopic (exact) mass is 463 g/mol. The molecule has 11 nitrogen and oxygen atoms in total. The second-order valence-corrected chi connectivity index (χ2v) is 6.55. The standard InChI is InChI=1S/C16H11BrFN7O4/c17-10-7-9(1-2-11(10)18)25-15(23-28-16(25)27)13-14(22-29-21-13)20-4-6-24-5-3-19-12(24)8-26/h1-3,5,7,19H,4,6H2,(H,20,22). The van der Waals surface area contributed by atoms with E-state index in [0.717, 1.165) is 4.57 Å². The molecule has 1 aromatic carbocycles. The first-order valence-corrected chi connectivity index (χ1v) is 8.93. The van der Waals surface area contributed by atoms with E-state index >= 15 is 0 Å². The molecular formula is C16H11BrFN7O4. The summed E-state index contributed by atoms with van der Waals surface area (Å²) in [6.45, 7) is 0.763. The smallest absolute Gasteiger partial charge is 0.363 e. The van der Waals surface area contributed by atoms with Gasteiger partial charge in [-0.2, -0.15) is 0 Å². The number of carbonyl (C=O) groups excluding carboxylic acids is 1. The topological polar surface area (TPSA) is 131 Å². The first-order chi connectivity index (χ1) is 14.1. The van der Waals surface area contributed by atoms with Gasteiger partial charge in [-0.15, -0.1) is 0 Å². The molecule has 2 N–H and O–H groups in total. The Kier molecular flexibility index (Phi) is 4.97. The zero-order valence-corrected chi connectivity index (χ0v) is 16.0. The van der Waals surface area contributed by atoms with Crippen LogP contribution >= 0.6 is 15.9 Å². The van der Waals surface area contributed by atoms with Crippen molar-refractivity contribution in [3.05, 3.63) is 57.3 Å². The number of aromatic nitrogens is 4. The summed E-state index contributed by atoms with van der Waals surface area (Å²) in [6.07, 6.45) is 3.30. The molecule has 148 valence electrons. The first-order valence-electron chi connectivity index (χ1n) is 8.14. The lowest BCUT2D eigenvalue weighted by Crippen LogP contribution is -2.25. The summed E-state index contributed by atoms with van der Waals surface area (Å²) >= 11 is 3.08. The Hall–Kier alpha value is -3.70. The molecule has 1 aliphatic rings. The summed E-state index contributed by atoms with van der Waals surface area (Å²) < 4.78 is 24.3. The molecule has 0 amide bonds. The van der Waals surface area contributed by atoms with Gasteiger partial charge in [0.15, 0.2) is 17.5 Å². The Bertz CT molecular complexity index is 1190. The maximum atomic E-state index is 13.5. The van der Waals surface area contributed by atoms with Crippen LogP contribution < -0.4 is 16.4 Å². The van der Waals surface area contributed by atoms with Gasteiger partial charge in [-0.1, -0.05) is 5.16 Å². The normalized spacial score (nSPS) is 12.9. The molecule has 0 saturated heterocycles. The highest BCUT2D eigenvalue weighted by Gasteiger charge is 2.23. The number of rotatable bonds is 6. The van der Waals surface area contributed by atoms with Crippen LogP contribution in [0.4, 0.5) is 10.2 Å². The highest BCUT2D eigenvalue weighted by Crippen LogP contribution is 2.26. The second kappa shape index (κ2) is 7.73. The third-order valence-corrected chi connectivity index (χ3v) is 4.58. The van der Waals surface area contributed by atoms with Gasteiger partial charge in [-0.3, -0.25) is 4.52 Å². The molecule has 1 aliphatic heterocycles. The number of nitrogens with one attached hydrogen (secondary N) is 2. The summed E-state index contributed by atoms with van der Waals surface area (Å²) in [6, 6.07) is 3.99. The van der Waals surface area contributed by atoms with Gasteiger partial charge >= 0.3 is 5.76 Å². The van der Waals surface area contributed by atoms with Crippen LogP contribution in [-0.4, -0.2) is 44.0 Å².